The molecule has 0 saturated carbocycles. The van der Waals surface area contributed by atoms with Crippen LogP contribution in [0.5, 0.6) is 0 Å². The smallest absolute Gasteiger partial charge is 0.137 e. The molecule has 0 aliphatic heterocycles. The third-order valence-electron chi connectivity index (χ3n) is 2.28. The maximum Gasteiger partial charge on any atom is 0.137 e. The minimum Gasteiger partial charge on any atom is -0.464 e. The zero-order valence-corrected chi connectivity index (χ0v) is 7.84. The molecule has 0 bridgehead atoms. The van der Waals surface area contributed by atoms with E-state index in [1.54, 1.807) is 31.6 Å². The van der Waals surface area contributed by atoms with Crippen molar-refractivity contribution in [1.29, 1.82) is 0 Å². The predicted octanol–water partition coefficient (Wildman–Crippen LogP) is 1.21. The van der Waals surface area contributed by atoms with Crippen molar-refractivity contribution in [2.24, 2.45) is 5.73 Å². The van der Waals surface area contributed by atoms with Crippen LogP contribution in [0.4, 0.5) is 0 Å². The van der Waals surface area contributed by atoms with Gasteiger partial charge in [-0.3, -0.25) is 4.98 Å². The lowest BCUT2D eigenvalue weighted by molar-refractivity contribution is 0.164. The van der Waals surface area contributed by atoms with E-state index in [-0.39, 0.29) is 0 Å². The average Bonchev–Trinajstić information content (AvgIpc) is 2.60. The van der Waals surface area contributed by atoms with Gasteiger partial charge in [0, 0.05) is 23.3 Å². The Hall–Kier alpha value is -1.39. The Morgan fingerprint density at radius 3 is 3.07 bits per heavy atom. The van der Waals surface area contributed by atoms with Gasteiger partial charge in [0.05, 0.1) is 18.4 Å². The first-order valence-corrected chi connectivity index (χ1v) is 4.45. The molecule has 74 valence electrons. The molecule has 4 heteroatoms. The Morgan fingerprint density at radius 2 is 2.36 bits per heavy atom. The summed E-state index contributed by atoms with van der Waals surface area (Å²) in [7, 11) is 0. The van der Waals surface area contributed by atoms with Gasteiger partial charge in [-0.1, -0.05) is 0 Å². The number of aliphatic hydroxyl groups excluding tert-OH is 1. The van der Waals surface area contributed by atoms with Gasteiger partial charge in [-0.15, -0.1) is 0 Å². The van der Waals surface area contributed by atoms with Crippen molar-refractivity contribution in [2.75, 3.05) is 0 Å². The van der Waals surface area contributed by atoms with Gasteiger partial charge >= 0.3 is 0 Å². The number of pyridine rings is 1. The highest BCUT2D eigenvalue weighted by molar-refractivity contribution is 5.80. The minimum absolute atomic E-state index is 0.430. The topological polar surface area (TPSA) is 72.3 Å². The number of aliphatic hydroxyl groups is 1. The number of hydrogen-bond donors (Lipinski definition) is 2. The van der Waals surface area contributed by atoms with E-state index in [4.69, 9.17) is 10.2 Å². The number of hydrogen-bond acceptors (Lipinski definition) is 4. The number of rotatable bonds is 2. The highest BCUT2D eigenvalue weighted by atomic mass is 16.3. The number of nitrogens with zero attached hydrogens (tertiary/aromatic N) is 1. The second kappa shape index (κ2) is 3.40. The summed E-state index contributed by atoms with van der Waals surface area (Å²) in [4.78, 5) is 3.99. The molecule has 0 aliphatic rings. The predicted molar refractivity (Wildman–Crippen MR) is 52.6 cm³/mol. The van der Waals surface area contributed by atoms with E-state index < -0.39 is 12.1 Å². The van der Waals surface area contributed by atoms with Gasteiger partial charge in [-0.2, -0.15) is 0 Å². The van der Waals surface area contributed by atoms with Crippen LogP contribution in [-0.2, 0) is 0 Å². The third-order valence-corrected chi connectivity index (χ3v) is 2.28. The summed E-state index contributed by atoms with van der Waals surface area (Å²) in [5.74, 6) is 0. The average molecular weight is 192 g/mol. The second-order valence-corrected chi connectivity index (χ2v) is 3.33. The van der Waals surface area contributed by atoms with Crippen molar-refractivity contribution in [1.82, 2.24) is 4.98 Å². The Morgan fingerprint density at radius 1 is 1.57 bits per heavy atom. The maximum absolute atomic E-state index is 9.37. The zero-order valence-electron chi connectivity index (χ0n) is 7.84. The Labute approximate surface area is 81.4 Å². The minimum atomic E-state index is -0.601. The molecule has 2 heterocycles. The van der Waals surface area contributed by atoms with Crippen LogP contribution in [0, 0.1) is 0 Å². The summed E-state index contributed by atoms with van der Waals surface area (Å²) in [6.45, 7) is 1.65. The maximum atomic E-state index is 9.37. The summed E-state index contributed by atoms with van der Waals surface area (Å²) >= 11 is 0. The molecule has 0 amide bonds. The lowest BCUT2D eigenvalue weighted by atomic mass is 10.0. The van der Waals surface area contributed by atoms with Crippen LogP contribution < -0.4 is 5.73 Å². The molecule has 0 fully saturated rings. The van der Waals surface area contributed by atoms with Gasteiger partial charge in [0.15, 0.2) is 0 Å². The van der Waals surface area contributed by atoms with Gasteiger partial charge in [0.1, 0.15) is 5.58 Å². The molecule has 0 saturated heterocycles. The van der Waals surface area contributed by atoms with Crippen molar-refractivity contribution >= 4 is 11.0 Å². The van der Waals surface area contributed by atoms with E-state index >= 15 is 0 Å². The molecule has 0 spiro atoms. The Balaban J connectivity index is 2.53. The SMILES string of the molecule is CC(O)C(N)c1coc2ccncc12. The van der Waals surface area contributed by atoms with Gasteiger partial charge in [-0.05, 0) is 13.0 Å². The first-order chi connectivity index (χ1) is 6.70. The van der Waals surface area contributed by atoms with E-state index in [0.29, 0.717) is 0 Å². The molecule has 3 N–H and O–H groups in total. The Bertz CT molecular complexity index is 436. The van der Waals surface area contributed by atoms with Crippen molar-refractivity contribution in [3.05, 3.63) is 30.3 Å². The summed E-state index contributed by atoms with van der Waals surface area (Å²) < 4.78 is 5.29. The van der Waals surface area contributed by atoms with Gasteiger partial charge in [-0.25, -0.2) is 0 Å². The van der Waals surface area contributed by atoms with Crippen molar-refractivity contribution < 1.29 is 9.52 Å². The molecule has 2 atom stereocenters. The standard InChI is InChI=1S/C10H12N2O2/c1-6(13)10(11)8-5-14-9-2-3-12-4-7(8)9/h2-6,10,13H,11H2,1H3. The molecule has 2 aromatic rings. The zero-order chi connectivity index (χ0) is 10.1. The van der Waals surface area contributed by atoms with E-state index in [1.807, 2.05) is 0 Å². The van der Waals surface area contributed by atoms with Crippen LogP contribution in [0.1, 0.15) is 18.5 Å². The van der Waals surface area contributed by atoms with Crippen LogP contribution in [0.3, 0.4) is 0 Å². The molecule has 0 radical (unpaired) electrons. The van der Waals surface area contributed by atoms with Crippen LogP contribution in [-0.4, -0.2) is 16.2 Å². The Kier molecular flexibility index (Phi) is 2.23. The summed E-state index contributed by atoms with van der Waals surface area (Å²) in [6.07, 6.45) is 4.32. The fourth-order valence-electron chi connectivity index (χ4n) is 1.41. The van der Waals surface area contributed by atoms with Crippen molar-refractivity contribution in [3.8, 4) is 0 Å². The summed E-state index contributed by atoms with van der Waals surface area (Å²) in [5, 5.41) is 10.2. The normalized spacial score (nSPS) is 15.6. The quantitative estimate of drug-likeness (QED) is 0.750. The van der Waals surface area contributed by atoms with Gasteiger partial charge in [0.2, 0.25) is 0 Å². The van der Waals surface area contributed by atoms with E-state index in [0.717, 1.165) is 16.5 Å². The highest BCUT2D eigenvalue weighted by Crippen LogP contribution is 2.25. The van der Waals surface area contributed by atoms with Crippen LogP contribution in [0.15, 0.2) is 29.1 Å². The van der Waals surface area contributed by atoms with Crippen LogP contribution in [0.25, 0.3) is 11.0 Å². The summed E-state index contributed by atoms with van der Waals surface area (Å²) in [5.41, 5.74) is 7.35. The molecule has 0 aliphatic carbocycles. The number of aromatic nitrogens is 1. The molecule has 2 unspecified atom stereocenters. The van der Waals surface area contributed by atoms with Gasteiger partial charge in [0.25, 0.3) is 0 Å². The first kappa shape index (κ1) is 9.18. The molecule has 4 nitrogen and oxygen atoms in total. The fourth-order valence-corrected chi connectivity index (χ4v) is 1.41. The molecule has 14 heavy (non-hydrogen) atoms. The van der Waals surface area contributed by atoms with E-state index in [1.165, 1.54) is 0 Å². The van der Waals surface area contributed by atoms with Crippen LogP contribution >= 0.6 is 0 Å². The highest BCUT2D eigenvalue weighted by Gasteiger charge is 2.17. The largest absolute Gasteiger partial charge is 0.464 e. The summed E-state index contributed by atoms with van der Waals surface area (Å²) in [6, 6.07) is 1.34. The number of furan rings is 1. The molecule has 2 aromatic heterocycles. The van der Waals surface area contributed by atoms with E-state index in [2.05, 4.69) is 4.98 Å². The molecular formula is C10H12N2O2. The molecule has 2 rings (SSSR count). The van der Waals surface area contributed by atoms with Crippen molar-refractivity contribution in [3.63, 3.8) is 0 Å². The van der Waals surface area contributed by atoms with Crippen molar-refractivity contribution in [2.45, 2.75) is 19.1 Å². The lowest BCUT2D eigenvalue weighted by Crippen LogP contribution is -2.22. The van der Waals surface area contributed by atoms with Gasteiger partial charge < -0.3 is 15.3 Å². The lowest BCUT2D eigenvalue weighted by Gasteiger charge is -2.12. The fraction of sp³-hybridized carbons (Fsp3) is 0.300. The third kappa shape index (κ3) is 1.38. The monoisotopic (exact) mass is 192 g/mol. The second-order valence-electron chi connectivity index (χ2n) is 3.33. The number of fused-ring (bicyclic) bond motifs is 1. The first-order valence-electron chi connectivity index (χ1n) is 4.45. The number of nitrogens with two attached hydrogens (primary N) is 1. The molecular weight excluding hydrogens is 180 g/mol. The van der Waals surface area contributed by atoms with E-state index in [9.17, 15) is 5.11 Å². The van der Waals surface area contributed by atoms with Crippen LogP contribution in [0.2, 0.25) is 0 Å². The molecule has 0 aromatic carbocycles.